The number of rotatable bonds is 5. The molecule has 0 spiro atoms. The Balaban J connectivity index is 2.45. The molecule has 1 aromatic rings. The maximum atomic E-state index is 5.36. The molecule has 0 aromatic carbocycles. The van der Waals surface area contributed by atoms with Crippen molar-refractivity contribution in [2.75, 3.05) is 13.7 Å². The van der Waals surface area contributed by atoms with Crippen LogP contribution >= 0.6 is 0 Å². The number of methoxy groups -OCH3 is 1. The van der Waals surface area contributed by atoms with Crippen molar-refractivity contribution in [2.45, 2.75) is 12.5 Å². The molecule has 0 radical (unpaired) electrons. The zero-order valence-corrected chi connectivity index (χ0v) is 7.12. The molecule has 1 rings (SSSR count). The highest BCUT2D eigenvalue weighted by Crippen LogP contribution is 2.15. The third-order valence-corrected chi connectivity index (χ3v) is 1.76. The first-order chi connectivity index (χ1) is 5.88. The van der Waals surface area contributed by atoms with Crippen molar-refractivity contribution in [3.8, 4) is 0 Å². The Labute approximate surface area is 71.7 Å². The van der Waals surface area contributed by atoms with E-state index in [1.54, 1.807) is 19.6 Å². The van der Waals surface area contributed by atoms with E-state index in [0.717, 1.165) is 12.0 Å². The molecule has 4 heteroatoms. The molecule has 0 saturated heterocycles. The molecule has 0 amide bonds. The molecule has 1 heterocycles. The van der Waals surface area contributed by atoms with Crippen molar-refractivity contribution in [1.82, 2.24) is 5.43 Å². The molecule has 0 aliphatic carbocycles. The summed E-state index contributed by atoms with van der Waals surface area (Å²) in [6.07, 6.45) is 4.15. The van der Waals surface area contributed by atoms with Crippen molar-refractivity contribution in [3.63, 3.8) is 0 Å². The molecule has 0 aliphatic heterocycles. The SMILES string of the molecule is COCCC(NN)c1ccoc1. The van der Waals surface area contributed by atoms with Gasteiger partial charge in [-0.1, -0.05) is 0 Å². The van der Waals surface area contributed by atoms with E-state index >= 15 is 0 Å². The van der Waals surface area contributed by atoms with Gasteiger partial charge in [-0.05, 0) is 12.5 Å². The number of ether oxygens (including phenoxy) is 1. The summed E-state index contributed by atoms with van der Waals surface area (Å²) < 4.78 is 9.89. The van der Waals surface area contributed by atoms with Crippen molar-refractivity contribution in [2.24, 2.45) is 5.84 Å². The Hall–Kier alpha value is -0.840. The molecule has 0 aliphatic rings. The van der Waals surface area contributed by atoms with Gasteiger partial charge >= 0.3 is 0 Å². The van der Waals surface area contributed by atoms with Gasteiger partial charge in [-0.15, -0.1) is 0 Å². The smallest absolute Gasteiger partial charge is 0.0950 e. The van der Waals surface area contributed by atoms with E-state index in [0.29, 0.717) is 6.61 Å². The summed E-state index contributed by atoms with van der Waals surface area (Å²) in [5.41, 5.74) is 3.75. The largest absolute Gasteiger partial charge is 0.472 e. The number of hydrogen-bond acceptors (Lipinski definition) is 4. The van der Waals surface area contributed by atoms with Crippen molar-refractivity contribution in [1.29, 1.82) is 0 Å². The van der Waals surface area contributed by atoms with Gasteiger partial charge in [0.25, 0.3) is 0 Å². The van der Waals surface area contributed by atoms with E-state index in [1.807, 2.05) is 6.07 Å². The summed E-state index contributed by atoms with van der Waals surface area (Å²) in [6.45, 7) is 0.681. The van der Waals surface area contributed by atoms with Gasteiger partial charge in [0.15, 0.2) is 0 Å². The first-order valence-corrected chi connectivity index (χ1v) is 3.85. The van der Waals surface area contributed by atoms with Gasteiger partial charge in [-0.2, -0.15) is 0 Å². The molecule has 1 unspecified atom stereocenters. The number of nitrogens with two attached hydrogens (primary N) is 1. The highest BCUT2D eigenvalue weighted by Gasteiger charge is 2.09. The molecule has 68 valence electrons. The maximum Gasteiger partial charge on any atom is 0.0950 e. The lowest BCUT2D eigenvalue weighted by Gasteiger charge is -2.12. The summed E-state index contributed by atoms with van der Waals surface area (Å²) in [6, 6.07) is 2.00. The van der Waals surface area contributed by atoms with E-state index in [4.69, 9.17) is 15.0 Å². The first-order valence-electron chi connectivity index (χ1n) is 3.85. The standard InChI is InChI=1S/C8H14N2O2/c1-11-4-3-8(10-9)7-2-5-12-6-7/h2,5-6,8,10H,3-4,9H2,1H3. The number of hydrazine groups is 1. The molecular weight excluding hydrogens is 156 g/mol. The lowest BCUT2D eigenvalue weighted by atomic mass is 10.1. The lowest BCUT2D eigenvalue weighted by molar-refractivity contribution is 0.183. The quantitative estimate of drug-likeness (QED) is 0.507. The zero-order valence-electron chi connectivity index (χ0n) is 7.12. The second-order valence-corrected chi connectivity index (χ2v) is 2.56. The third-order valence-electron chi connectivity index (χ3n) is 1.76. The highest BCUT2D eigenvalue weighted by atomic mass is 16.5. The second kappa shape index (κ2) is 4.92. The van der Waals surface area contributed by atoms with Crippen LogP contribution in [0.4, 0.5) is 0 Å². The van der Waals surface area contributed by atoms with Crippen LogP contribution in [0.25, 0.3) is 0 Å². The molecular formula is C8H14N2O2. The fourth-order valence-electron chi connectivity index (χ4n) is 1.06. The fourth-order valence-corrected chi connectivity index (χ4v) is 1.06. The average Bonchev–Trinajstić information content (AvgIpc) is 2.59. The van der Waals surface area contributed by atoms with Gasteiger partial charge in [0.1, 0.15) is 0 Å². The van der Waals surface area contributed by atoms with E-state index in [9.17, 15) is 0 Å². The van der Waals surface area contributed by atoms with Gasteiger partial charge in [0.2, 0.25) is 0 Å². The van der Waals surface area contributed by atoms with Gasteiger partial charge < -0.3 is 9.15 Å². The summed E-state index contributed by atoms with van der Waals surface area (Å²) in [5.74, 6) is 5.36. The maximum absolute atomic E-state index is 5.36. The van der Waals surface area contributed by atoms with Crippen LogP contribution in [0.5, 0.6) is 0 Å². The van der Waals surface area contributed by atoms with Gasteiger partial charge in [0.05, 0.1) is 18.6 Å². The average molecular weight is 170 g/mol. The number of nitrogens with one attached hydrogen (secondary N) is 1. The van der Waals surface area contributed by atoms with Crippen molar-refractivity contribution < 1.29 is 9.15 Å². The number of furan rings is 1. The minimum absolute atomic E-state index is 0.115. The second-order valence-electron chi connectivity index (χ2n) is 2.56. The normalized spacial score (nSPS) is 13.2. The Morgan fingerprint density at radius 3 is 3.08 bits per heavy atom. The minimum Gasteiger partial charge on any atom is -0.472 e. The summed E-state index contributed by atoms with van der Waals surface area (Å²) in [5, 5.41) is 0. The number of hydrogen-bond donors (Lipinski definition) is 2. The fraction of sp³-hybridized carbons (Fsp3) is 0.500. The van der Waals surface area contributed by atoms with Gasteiger partial charge in [-0.25, -0.2) is 0 Å². The van der Waals surface area contributed by atoms with Crippen LogP contribution in [-0.2, 0) is 4.74 Å². The summed E-state index contributed by atoms with van der Waals surface area (Å²) in [4.78, 5) is 0. The third kappa shape index (κ3) is 2.34. The van der Waals surface area contributed by atoms with Crippen LogP contribution in [0.2, 0.25) is 0 Å². The molecule has 0 bridgehead atoms. The Bertz CT molecular complexity index is 199. The summed E-state index contributed by atoms with van der Waals surface area (Å²) >= 11 is 0. The molecule has 3 N–H and O–H groups in total. The van der Waals surface area contributed by atoms with Crippen LogP contribution in [0, 0.1) is 0 Å². The topological polar surface area (TPSA) is 60.4 Å². The zero-order chi connectivity index (χ0) is 8.81. The van der Waals surface area contributed by atoms with Gasteiger partial charge in [-0.3, -0.25) is 11.3 Å². The van der Waals surface area contributed by atoms with Crippen molar-refractivity contribution in [3.05, 3.63) is 24.2 Å². The lowest BCUT2D eigenvalue weighted by Crippen LogP contribution is -2.28. The minimum atomic E-state index is 0.115. The molecule has 12 heavy (non-hydrogen) atoms. The Morgan fingerprint density at radius 1 is 1.75 bits per heavy atom. The molecule has 0 saturated carbocycles. The first kappa shape index (κ1) is 9.25. The van der Waals surface area contributed by atoms with E-state index in [-0.39, 0.29) is 6.04 Å². The van der Waals surface area contributed by atoms with E-state index in [1.165, 1.54) is 0 Å². The summed E-state index contributed by atoms with van der Waals surface area (Å²) in [7, 11) is 1.67. The van der Waals surface area contributed by atoms with Gasteiger partial charge in [0, 0.05) is 19.3 Å². The molecule has 4 nitrogen and oxygen atoms in total. The molecule has 0 fully saturated rings. The van der Waals surface area contributed by atoms with Crippen molar-refractivity contribution >= 4 is 0 Å². The van der Waals surface area contributed by atoms with Crippen LogP contribution in [-0.4, -0.2) is 13.7 Å². The monoisotopic (exact) mass is 170 g/mol. The predicted octanol–water partition coefficient (Wildman–Crippen LogP) is 0.821. The Morgan fingerprint density at radius 2 is 2.58 bits per heavy atom. The van der Waals surface area contributed by atoms with Crippen LogP contribution < -0.4 is 11.3 Å². The Kier molecular flexibility index (Phi) is 3.79. The highest BCUT2D eigenvalue weighted by molar-refractivity contribution is 5.10. The van der Waals surface area contributed by atoms with Crippen LogP contribution in [0.15, 0.2) is 23.0 Å². The van der Waals surface area contributed by atoms with Crippen LogP contribution in [0.3, 0.4) is 0 Å². The predicted molar refractivity (Wildman–Crippen MR) is 45.3 cm³/mol. The van der Waals surface area contributed by atoms with E-state index < -0.39 is 0 Å². The van der Waals surface area contributed by atoms with E-state index in [2.05, 4.69) is 5.43 Å². The molecule has 1 atom stereocenters. The van der Waals surface area contributed by atoms with Crippen LogP contribution in [0.1, 0.15) is 18.0 Å². The molecule has 1 aromatic heterocycles.